The summed E-state index contributed by atoms with van der Waals surface area (Å²) in [6.07, 6.45) is 5.83. The second kappa shape index (κ2) is 7.11. The highest BCUT2D eigenvalue weighted by Crippen LogP contribution is 2.25. The normalized spacial score (nSPS) is 22.2. The number of rotatable bonds is 5. The predicted octanol–water partition coefficient (Wildman–Crippen LogP) is 2.04. The van der Waals surface area contributed by atoms with Crippen LogP contribution in [0.2, 0.25) is 0 Å². The summed E-state index contributed by atoms with van der Waals surface area (Å²) in [5, 5.41) is 8.75. The van der Waals surface area contributed by atoms with Crippen LogP contribution in [0.15, 0.2) is 22.8 Å². The lowest BCUT2D eigenvalue weighted by Gasteiger charge is -2.32. The molecule has 1 aromatic heterocycles. The quantitative estimate of drug-likeness (QED) is 0.891. The molecule has 108 valence electrons. The van der Waals surface area contributed by atoms with Gasteiger partial charge in [-0.1, -0.05) is 12.8 Å². The van der Waals surface area contributed by atoms with Crippen molar-refractivity contribution >= 4 is 5.91 Å². The van der Waals surface area contributed by atoms with E-state index in [0.29, 0.717) is 19.5 Å². The number of furan rings is 1. The molecule has 2 N–H and O–H groups in total. The molecule has 1 amide bonds. The van der Waals surface area contributed by atoms with Crippen molar-refractivity contribution in [2.45, 2.75) is 44.7 Å². The number of nitrogens with two attached hydrogens (primary N) is 1. The molecule has 2 unspecified atom stereocenters. The highest BCUT2D eigenvalue weighted by Gasteiger charge is 2.31. The number of hydrogen-bond acceptors (Lipinski definition) is 4. The van der Waals surface area contributed by atoms with Crippen molar-refractivity contribution < 1.29 is 9.21 Å². The van der Waals surface area contributed by atoms with Crippen molar-refractivity contribution in [3.63, 3.8) is 0 Å². The van der Waals surface area contributed by atoms with Crippen molar-refractivity contribution in [1.29, 1.82) is 5.26 Å². The molecule has 0 aliphatic heterocycles. The van der Waals surface area contributed by atoms with Gasteiger partial charge in [-0.05, 0) is 25.0 Å². The molecule has 0 bridgehead atoms. The zero-order valence-corrected chi connectivity index (χ0v) is 11.6. The van der Waals surface area contributed by atoms with Crippen molar-refractivity contribution in [2.75, 3.05) is 6.54 Å². The van der Waals surface area contributed by atoms with Crippen molar-refractivity contribution in [3.05, 3.63) is 24.2 Å². The van der Waals surface area contributed by atoms with Gasteiger partial charge in [0, 0.05) is 12.6 Å². The zero-order chi connectivity index (χ0) is 14.4. The van der Waals surface area contributed by atoms with E-state index in [9.17, 15) is 4.79 Å². The summed E-state index contributed by atoms with van der Waals surface area (Å²) in [5.74, 6) is 0.682. The number of hydrogen-bond donors (Lipinski definition) is 1. The lowest BCUT2D eigenvalue weighted by atomic mass is 9.84. The summed E-state index contributed by atoms with van der Waals surface area (Å²) < 4.78 is 5.30. The monoisotopic (exact) mass is 275 g/mol. The molecular weight excluding hydrogens is 254 g/mol. The van der Waals surface area contributed by atoms with Crippen LogP contribution in [0.25, 0.3) is 0 Å². The third-order valence-corrected chi connectivity index (χ3v) is 3.87. The van der Waals surface area contributed by atoms with E-state index < -0.39 is 0 Å². The summed E-state index contributed by atoms with van der Waals surface area (Å²) >= 11 is 0. The van der Waals surface area contributed by atoms with Crippen LogP contribution in [0, 0.1) is 17.2 Å². The fourth-order valence-corrected chi connectivity index (χ4v) is 2.74. The van der Waals surface area contributed by atoms with Crippen LogP contribution in [-0.2, 0) is 11.3 Å². The molecule has 2 rings (SSSR count). The molecule has 1 heterocycles. The van der Waals surface area contributed by atoms with E-state index in [1.165, 1.54) is 0 Å². The van der Waals surface area contributed by atoms with Crippen LogP contribution in [-0.4, -0.2) is 23.4 Å². The molecule has 20 heavy (non-hydrogen) atoms. The van der Waals surface area contributed by atoms with E-state index in [1.54, 1.807) is 17.2 Å². The van der Waals surface area contributed by atoms with Gasteiger partial charge in [-0.15, -0.1) is 0 Å². The van der Waals surface area contributed by atoms with E-state index in [1.807, 2.05) is 6.07 Å². The minimum Gasteiger partial charge on any atom is -0.467 e. The van der Waals surface area contributed by atoms with Crippen molar-refractivity contribution in [2.24, 2.45) is 11.7 Å². The van der Waals surface area contributed by atoms with Crippen LogP contribution in [0.4, 0.5) is 0 Å². The van der Waals surface area contributed by atoms with Gasteiger partial charge >= 0.3 is 0 Å². The third kappa shape index (κ3) is 3.61. The summed E-state index contributed by atoms with van der Waals surface area (Å²) in [7, 11) is 0. The smallest absolute Gasteiger partial charge is 0.227 e. The van der Waals surface area contributed by atoms with Gasteiger partial charge in [0.25, 0.3) is 0 Å². The van der Waals surface area contributed by atoms with Crippen LogP contribution in [0.3, 0.4) is 0 Å². The Labute approximate surface area is 119 Å². The summed E-state index contributed by atoms with van der Waals surface area (Å²) in [4.78, 5) is 14.3. The molecule has 1 fully saturated rings. The van der Waals surface area contributed by atoms with Gasteiger partial charge in [-0.3, -0.25) is 4.79 Å². The first-order valence-electron chi connectivity index (χ1n) is 7.16. The zero-order valence-electron chi connectivity index (χ0n) is 11.6. The molecule has 0 aromatic carbocycles. The summed E-state index contributed by atoms with van der Waals surface area (Å²) in [6, 6.07) is 5.67. The van der Waals surface area contributed by atoms with E-state index in [0.717, 1.165) is 31.4 Å². The second-order valence-corrected chi connectivity index (χ2v) is 5.30. The molecule has 1 aliphatic carbocycles. The first kappa shape index (κ1) is 14.6. The number of amides is 1. The van der Waals surface area contributed by atoms with Gasteiger partial charge in [0.1, 0.15) is 5.76 Å². The van der Waals surface area contributed by atoms with Gasteiger partial charge in [-0.25, -0.2) is 0 Å². The Morgan fingerprint density at radius 1 is 1.50 bits per heavy atom. The number of nitriles is 1. The van der Waals surface area contributed by atoms with Gasteiger partial charge in [0.15, 0.2) is 0 Å². The largest absolute Gasteiger partial charge is 0.467 e. The van der Waals surface area contributed by atoms with Gasteiger partial charge in [0.05, 0.1) is 31.2 Å². The van der Waals surface area contributed by atoms with Crippen LogP contribution in [0.1, 0.15) is 37.9 Å². The third-order valence-electron chi connectivity index (χ3n) is 3.87. The van der Waals surface area contributed by atoms with E-state index in [4.69, 9.17) is 15.4 Å². The highest BCUT2D eigenvalue weighted by atomic mass is 16.3. The number of nitrogens with zero attached hydrogens (tertiary/aromatic N) is 2. The first-order chi connectivity index (χ1) is 9.72. The number of carbonyl (C=O) groups is 1. The Kier molecular flexibility index (Phi) is 5.19. The molecule has 0 saturated heterocycles. The van der Waals surface area contributed by atoms with E-state index >= 15 is 0 Å². The Morgan fingerprint density at radius 3 is 2.95 bits per heavy atom. The van der Waals surface area contributed by atoms with E-state index in [2.05, 4.69) is 6.07 Å². The second-order valence-electron chi connectivity index (χ2n) is 5.30. The highest BCUT2D eigenvalue weighted by molar-refractivity contribution is 5.79. The minimum atomic E-state index is -0.114. The van der Waals surface area contributed by atoms with Crippen molar-refractivity contribution in [3.8, 4) is 6.07 Å². The Bertz CT molecular complexity index is 464. The molecule has 1 saturated carbocycles. The lowest BCUT2D eigenvalue weighted by Crippen LogP contribution is -2.45. The molecule has 0 spiro atoms. The molecular formula is C15H21N3O2. The Hall–Kier alpha value is -1.80. The first-order valence-corrected chi connectivity index (χ1v) is 7.16. The van der Waals surface area contributed by atoms with Gasteiger partial charge in [0.2, 0.25) is 5.91 Å². The summed E-state index contributed by atoms with van der Waals surface area (Å²) in [5.41, 5.74) is 6.08. The average molecular weight is 275 g/mol. The standard InChI is InChI=1S/C15H21N3O2/c16-8-4-9-18(11-12-5-3-10-20-12)15(19)13-6-1-2-7-14(13)17/h3,5,10,13-14H,1-2,4,6-7,9,11,17H2. The average Bonchev–Trinajstić information content (AvgIpc) is 2.96. The molecule has 1 aromatic rings. The van der Waals surface area contributed by atoms with Gasteiger partial charge < -0.3 is 15.1 Å². The molecule has 0 radical (unpaired) electrons. The topological polar surface area (TPSA) is 83.3 Å². The fourth-order valence-electron chi connectivity index (χ4n) is 2.74. The Morgan fingerprint density at radius 2 is 2.30 bits per heavy atom. The molecule has 2 atom stereocenters. The fraction of sp³-hybridized carbons (Fsp3) is 0.600. The van der Waals surface area contributed by atoms with Crippen LogP contribution in [0.5, 0.6) is 0 Å². The lowest BCUT2D eigenvalue weighted by molar-refractivity contribution is -0.138. The minimum absolute atomic E-state index is 0.0579. The molecule has 5 heteroatoms. The summed E-state index contributed by atoms with van der Waals surface area (Å²) in [6.45, 7) is 0.843. The van der Waals surface area contributed by atoms with Crippen LogP contribution >= 0.6 is 0 Å². The maximum absolute atomic E-state index is 12.6. The van der Waals surface area contributed by atoms with E-state index in [-0.39, 0.29) is 17.9 Å². The SMILES string of the molecule is N#CCCN(Cc1ccco1)C(=O)C1CCCCC1N. The predicted molar refractivity (Wildman–Crippen MR) is 74.3 cm³/mol. The Balaban J connectivity index is 2.04. The molecule has 5 nitrogen and oxygen atoms in total. The van der Waals surface area contributed by atoms with Crippen molar-refractivity contribution in [1.82, 2.24) is 4.90 Å². The molecule has 1 aliphatic rings. The number of carbonyl (C=O) groups excluding carboxylic acids is 1. The van der Waals surface area contributed by atoms with Gasteiger partial charge in [-0.2, -0.15) is 5.26 Å². The maximum Gasteiger partial charge on any atom is 0.227 e. The maximum atomic E-state index is 12.6. The van der Waals surface area contributed by atoms with Crippen LogP contribution < -0.4 is 5.73 Å².